The number of rotatable bonds is 0. The summed E-state index contributed by atoms with van der Waals surface area (Å²) in [5, 5.41) is 0. The van der Waals surface area contributed by atoms with E-state index in [2.05, 4.69) is 0 Å². The van der Waals surface area contributed by atoms with Crippen LogP contribution in [0.15, 0.2) is 11.1 Å². The Labute approximate surface area is 80.2 Å². The van der Waals surface area contributed by atoms with E-state index >= 15 is 0 Å². The van der Waals surface area contributed by atoms with E-state index in [1.807, 2.05) is 0 Å². The van der Waals surface area contributed by atoms with Gasteiger partial charge in [0.05, 0.1) is 12.2 Å². The Morgan fingerprint density at radius 1 is 0.769 bits per heavy atom. The van der Waals surface area contributed by atoms with E-state index in [9.17, 15) is 0 Å². The summed E-state index contributed by atoms with van der Waals surface area (Å²) in [6, 6.07) is 0. The fourth-order valence-electron chi connectivity index (χ4n) is 3.19. The van der Waals surface area contributed by atoms with Crippen LogP contribution in [0.5, 0.6) is 0 Å². The van der Waals surface area contributed by atoms with Crippen LogP contribution in [0.1, 0.15) is 51.4 Å². The molecule has 1 heteroatoms. The Kier molecular flexibility index (Phi) is 1.93. The summed E-state index contributed by atoms with van der Waals surface area (Å²) in [5.74, 6) is 0. The van der Waals surface area contributed by atoms with Crippen molar-refractivity contribution in [3.05, 3.63) is 11.1 Å². The van der Waals surface area contributed by atoms with Crippen LogP contribution < -0.4 is 0 Å². The minimum Gasteiger partial charge on any atom is -0.366 e. The van der Waals surface area contributed by atoms with Gasteiger partial charge in [-0.3, -0.25) is 0 Å². The largest absolute Gasteiger partial charge is 0.366 e. The molecular weight excluding hydrogens is 160 g/mol. The summed E-state index contributed by atoms with van der Waals surface area (Å²) < 4.78 is 6.10. The van der Waals surface area contributed by atoms with Gasteiger partial charge in [0.1, 0.15) is 0 Å². The van der Waals surface area contributed by atoms with E-state index in [-0.39, 0.29) is 0 Å². The lowest BCUT2D eigenvalue weighted by Crippen LogP contribution is -2.18. The minimum atomic E-state index is 0.548. The zero-order chi connectivity index (χ0) is 8.67. The molecule has 72 valence electrons. The normalized spacial score (nSPS) is 38.8. The van der Waals surface area contributed by atoms with Crippen LogP contribution in [0.2, 0.25) is 0 Å². The van der Waals surface area contributed by atoms with E-state index in [1.165, 1.54) is 51.4 Å². The quantitative estimate of drug-likeness (QED) is 0.518. The first kappa shape index (κ1) is 8.05. The van der Waals surface area contributed by atoms with E-state index in [1.54, 1.807) is 11.1 Å². The molecule has 0 saturated heterocycles. The van der Waals surface area contributed by atoms with Gasteiger partial charge in [0.25, 0.3) is 0 Å². The molecule has 3 rings (SSSR count). The molecule has 2 unspecified atom stereocenters. The summed E-state index contributed by atoms with van der Waals surface area (Å²) in [6.45, 7) is 0. The molecule has 0 spiro atoms. The maximum atomic E-state index is 6.10. The first-order valence-electron chi connectivity index (χ1n) is 5.82. The van der Waals surface area contributed by atoms with Gasteiger partial charge < -0.3 is 4.74 Å². The van der Waals surface area contributed by atoms with E-state index < -0.39 is 0 Å². The lowest BCUT2D eigenvalue weighted by Gasteiger charge is -2.21. The van der Waals surface area contributed by atoms with Crippen molar-refractivity contribution in [3.63, 3.8) is 0 Å². The second-order valence-electron chi connectivity index (χ2n) is 4.66. The first-order valence-corrected chi connectivity index (χ1v) is 5.82. The Hall–Kier alpha value is -0.300. The Bertz CT molecular complexity index is 218. The summed E-state index contributed by atoms with van der Waals surface area (Å²) in [6.07, 6.45) is 12.0. The van der Waals surface area contributed by atoms with Crippen LogP contribution in [-0.4, -0.2) is 12.2 Å². The molecule has 0 N–H and O–H groups in total. The number of hydrogen-bond acceptors (Lipinski definition) is 1. The van der Waals surface area contributed by atoms with Gasteiger partial charge in [-0.15, -0.1) is 0 Å². The number of fused-ring (bicyclic) bond motifs is 2. The van der Waals surface area contributed by atoms with Crippen molar-refractivity contribution in [2.24, 2.45) is 0 Å². The van der Waals surface area contributed by atoms with Gasteiger partial charge in [-0.2, -0.15) is 0 Å². The van der Waals surface area contributed by atoms with Crippen LogP contribution in [-0.2, 0) is 4.74 Å². The molecule has 0 bridgehead atoms. The Balaban J connectivity index is 1.89. The molecule has 0 radical (unpaired) electrons. The molecular formula is C12H18O. The van der Waals surface area contributed by atoms with Crippen molar-refractivity contribution >= 4 is 0 Å². The van der Waals surface area contributed by atoms with Crippen molar-refractivity contribution in [3.8, 4) is 0 Å². The van der Waals surface area contributed by atoms with Crippen LogP contribution in [0, 0.1) is 0 Å². The third kappa shape index (κ3) is 1.25. The molecule has 2 fully saturated rings. The van der Waals surface area contributed by atoms with Crippen molar-refractivity contribution in [1.82, 2.24) is 0 Å². The van der Waals surface area contributed by atoms with Crippen LogP contribution in [0.3, 0.4) is 0 Å². The summed E-state index contributed by atoms with van der Waals surface area (Å²) in [4.78, 5) is 0. The molecule has 2 aliphatic carbocycles. The van der Waals surface area contributed by atoms with Gasteiger partial charge in [0.2, 0.25) is 0 Å². The minimum absolute atomic E-state index is 0.548. The first-order chi connectivity index (χ1) is 6.45. The highest BCUT2D eigenvalue weighted by Gasteiger charge is 2.36. The van der Waals surface area contributed by atoms with E-state index in [0.29, 0.717) is 12.2 Å². The fourth-order valence-corrected chi connectivity index (χ4v) is 3.19. The molecule has 1 nitrogen and oxygen atoms in total. The molecule has 3 aliphatic rings. The second kappa shape index (κ2) is 3.13. The van der Waals surface area contributed by atoms with Gasteiger partial charge in [-0.05, 0) is 49.7 Å². The van der Waals surface area contributed by atoms with E-state index in [0.717, 1.165) is 0 Å². The third-order valence-corrected chi connectivity index (χ3v) is 3.84. The van der Waals surface area contributed by atoms with E-state index in [4.69, 9.17) is 4.74 Å². The Morgan fingerprint density at radius 3 is 1.85 bits per heavy atom. The highest BCUT2D eigenvalue weighted by molar-refractivity contribution is 5.29. The Morgan fingerprint density at radius 2 is 1.31 bits per heavy atom. The SMILES string of the molecule is C1CCC2OC3CCCCC3=C2C1. The monoisotopic (exact) mass is 178 g/mol. The molecule has 1 aliphatic heterocycles. The standard InChI is InChI=1S/C12H18O/c1-3-7-11-9(5-1)10-6-2-4-8-12(10)13-11/h11-12H,1-8H2. The van der Waals surface area contributed by atoms with Crippen LogP contribution >= 0.6 is 0 Å². The maximum Gasteiger partial charge on any atom is 0.0796 e. The predicted molar refractivity (Wildman–Crippen MR) is 52.6 cm³/mol. The fraction of sp³-hybridized carbons (Fsp3) is 0.833. The third-order valence-electron chi connectivity index (χ3n) is 3.84. The smallest absolute Gasteiger partial charge is 0.0796 e. The van der Waals surface area contributed by atoms with Gasteiger partial charge in [-0.1, -0.05) is 12.8 Å². The van der Waals surface area contributed by atoms with Crippen molar-refractivity contribution < 1.29 is 4.74 Å². The van der Waals surface area contributed by atoms with Crippen LogP contribution in [0.4, 0.5) is 0 Å². The molecule has 0 aromatic rings. The van der Waals surface area contributed by atoms with Gasteiger partial charge >= 0.3 is 0 Å². The average molecular weight is 178 g/mol. The molecule has 0 aromatic heterocycles. The molecule has 1 heterocycles. The zero-order valence-electron chi connectivity index (χ0n) is 8.22. The topological polar surface area (TPSA) is 9.23 Å². The second-order valence-corrected chi connectivity index (χ2v) is 4.66. The zero-order valence-corrected chi connectivity index (χ0v) is 8.22. The molecule has 0 amide bonds. The molecule has 13 heavy (non-hydrogen) atoms. The lowest BCUT2D eigenvalue weighted by atomic mass is 9.84. The van der Waals surface area contributed by atoms with Crippen molar-refractivity contribution in [1.29, 1.82) is 0 Å². The highest BCUT2D eigenvalue weighted by atomic mass is 16.5. The molecule has 2 atom stereocenters. The summed E-state index contributed by atoms with van der Waals surface area (Å²) >= 11 is 0. The van der Waals surface area contributed by atoms with Gasteiger partial charge in [0, 0.05) is 0 Å². The highest BCUT2D eigenvalue weighted by Crippen LogP contribution is 2.42. The summed E-state index contributed by atoms with van der Waals surface area (Å²) in [5.41, 5.74) is 3.44. The van der Waals surface area contributed by atoms with Gasteiger partial charge in [0.15, 0.2) is 0 Å². The predicted octanol–water partition coefficient (Wildman–Crippen LogP) is 3.20. The van der Waals surface area contributed by atoms with Crippen LogP contribution in [0.25, 0.3) is 0 Å². The maximum absolute atomic E-state index is 6.10. The number of ether oxygens (including phenoxy) is 1. The number of hydrogen-bond donors (Lipinski definition) is 0. The van der Waals surface area contributed by atoms with Crippen molar-refractivity contribution in [2.75, 3.05) is 0 Å². The van der Waals surface area contributed by atoms with Crippen molar-refractivity contribution in [2.45, 2.75) is 63.6 Å². The summed E-state index contributed by atoms with van der Waals surface area (Å²) in [7, 11) is 0. The van der Waals surface area contributed by atoms with Gasteiger partial charge in [-0.25, -0.2) is 0 Å². The molecule has 0 aromatic carbocycles. The molecule has 2 saturated carbocycles. The average Bonchev–Trinajstić information content (AvgIpc) is 2.56. The lowest BCUT2D eigenvalue weighted by molar-refractivity contribution is 0.0305.